The van der Waals surface area contributed by atoms with E-state index in [1.807, 2.05) is 12.1 Å². The van der Waals surface area contributed by atoms with Gasteiger partial charge in [-0.15, -0.1) is 0 Å². The van der Waals surface area contributed by atoms with E-state index in [1.165, 1.54) is 7.11 Å². The average Bonchev–Trinajstić information content (AvgIpc) is 2.40. The van der Waals surface area contributed by atoms with Gasteiger partial charge in [-0.1, -0.05) is 23.7 Å². The molecular weight excluding hydrogens is 278 g/mol. The Balaban J connectivity index is 2.30. The lowest BCUT2D eigenvalue weighted by molar-refractivity contribution is 0.0600. The fraction of sp³-hybridized carbons (Fsp3) is 0.214. The Morgan fingerprint density at radius 2 is 1.95 bits per heavy atom. The molecule has 2 N–H and O–H groups in total. The summed E-state index contributed by atoms with van der Waals surface area (Å²) < 4.78 is 4.66. The van der Waals surface area contributed by atoms with Gasteiger partial charge in [0.2, 0.25) is 0 Å². The van der Waals surface area contributed by atoms with Gasteiger partial charge < -0.3 is 10.5 Å². The van der Waals surface area contributed by atoms with Crippen molar-refractivity contribution in [2.24, 2.45) is 0 Å². The second-order valence-electron chi connectivity index (χ2n) is 4.28. The highest BCUT2D eigenvalue weighted by Gasteiger charge is 2.17. The SMILES string of the molecule is COC(=O)c1c(C)nc(Cc2ccc(Cl)cc2)nc1N. The van der Waals surface area contributed by atoms with Gasteiger partial charge in [-0.3, -0.25) is 0 Å². The van der Waals surface area contributed by atoms with Crippen molar-refractivity contribution in [2.75, 3.05) is 12.8 Å². The van der Waals surface area contributed by atoms with Crippen LogP contribution in [0, 0.1) is 6.92 Å². The third-order valence-corrected chi connectivity index (χ3v) is 3.08. The van der Waals surface area contributed by atoms with Crippen LogP contribution in [-0.4, -0.2) is 23.0 Å². The standard InChI is InChI=1S/C14H14ClN3O2/c1-8-12(14(19)20-2)13(16)18-11(17-8)7-9-3-5-10(15)6-4-9/h3-6H,7H2,1-2H3,(H2,16,17,18). The van der Waals surface area contributed by atoms with Crippen LogP contribution in [0.3, 0.4) is 0 Å². The lowest BCUT2D eigenvalue weighted by Crippen LogP contribution is -2.13. The van der Waals surface area contributed by atoms with E-state index in [4.69, 9.17) is 17.3 Å². The predicted octanol–water partition coefficient (Wildman–Crippen LogP) is 2.40. The van der Waals surface area contributed by atoms with Crippen LogP contribution in [0.4, 0.5) is 5.82 Å². The molecule has 2 rings (SSSR count). The van der Waals surface area contributed by atoms with Crippen LogP contribution >= 0.6 is 11.6 Å². The van der Waals surface area contributed by atoms with Gasteiger partial charge in [0.25, 0.3) is 0 Å². The number of ether oxygens (including phenoxy) is 1. The van der Waals surface area contributed by atoms with Crippen molar-refractivity contribution in [3.05, 3.63) is 51.9 Å². The number of nitrogens with zero attached hydrogens (tertiary/aromatic N) is 2. The number of nitrogens with two attached hydrogens (primary N) is 1. The maximum absolute atomic E-state index is 11.6. The first kappa shape index (κ1) is 14.3. The monoisotopic (exact) mass is 291 g/mol. The zero-order chi connectivity index (χ0) is 14.7. The minimum Gasteiger partial charge on any atom is -0.465 e. The van der Waals surface area contributed by atoms with Gasteiger partial charge in [0.15, 0.2) is 0 Å². The van der Waals surface area contributed by atoms with Crippen LogP contribution in [0.15, 0.2) is 24.3 Å². The molecule has 1 aromatic heterocycles. The Morgan fingerprint density at radius 1 is 1.30 bits per heavy atom. The van der Waals surface area contributed by atoms with Crippen LogP contribution in [0.2, 0.25) is 5.02 Å². The Hall–Kier alpha value is -2.14. The van der Waals surface area contributed by atoms with E-state index in [-0.39, 0.29) is 11.4 Å². The third kappa shape index (κ3) is 3.05. The molecule has 0 saturated heterocycles. The van der Waals surface area contributed by atoms with Gasteiger partial charge >= 0.3 is 5.97 Å². The second kappa shape index (κ2) is 5.88. The van der Waals surface area contributed by atoms with Gasteiger partial charge in [-0.25, -0.2) is 14.8 Å². The number of benzene rings is 1. The molecule has 2 aromatic rings. The first-order chi connectivity index (χ1) is 9.51. The van der Waals surface area contributed by atoms with Gasteiger partial charge in [0.1, 0.15) is 17.2 Å². The number of rotatable bonds is 3. The van der Waals surface area contributed by atoms with Crippen LogP contribution in [-0.2, 0) is 11.2 Å². The molecule has 0 spiro atoms. The van der Waals surface area contributed by atoms with Crippen LogP contribution in [0.1, 0.15) is 27.4 Å². The number of aryl methyl sites for hydroxylation is 1. The van der Waals surface area contributed by atoms with E-state index in [2.05, 4.69) is 14.7 Å². The van der Waals surface area contributed by atoms with Crippen LogP contribution in [0.5, 0.6) is 0 Å². The molecule has 0 fully saturated rings. The average molecular weight is 292 g/mol. The highest BCUT2D eigenvalue weighted by Crippen LogP contribution is 2.17. The smallest absolute Gasteiger partial charge is 0.343 e. The summed E-state index contributed by atoms with van der Waals surface area (Å²) in [6.07, 6.45) is 0.518. The zero-order valence-corrected chi connectivity index (χ0v) is 11.9. The molecule has 0 aliphatic rings. The van der Waals surface area contributed by atoms with Crippen molar-refractivity contribution >= 4 is 23.4 Å². The number of aromatic nitrogens is 2. The first-order valence-electron chi connectivity index (χ1n) is 5.97. The number of hydrogen-bond donors (Lipinski definition) is 1. The molecule has 0 aliphatic carbocycles. The molecule has 0 amide bonds. The molecule has 0 bridgehead atoms. The summed E-state index contributed by atoms with van der Waals surface area (Å²) in [6, 6.07) is 7.39. The summed E-state index contributed by atoms with van der Waals surface area (Å²) in [6.45, 7) is 1.70. The normalized spacial score (nSPS) is 10.3. The number of anilines is 1. The van der Waals surface area contributed by atoms with Crippen LogP contribution in [0.25, 0.3) is 0 Å². The first-order valence-corrected chi connectivity index (χ1v) is 6.35. The van der Waals surface area contributed by atoms with E-state index >= 15 is 0 Å². The lowest BCUT2D eigenvalue weighted by atomic mass is 10.1. The number of carbonyl (C=O) groups excluding carboxylic acids is 1. The van der Waals surface area contributed by atoms with E-state index in [0.29, 0.717) is 23.0 Å². The second-order valence-corrected chi connectivity index (χ2v) is 4.72. The van der Waals surface area contributed by atoms with Crippen molar-refractivity contribution in [3.63, 3.8) is 0 Å². The molecule has 6 heteroatoms. The van der Waals surface area contributed by atoms with Crippen molar-refractivity contribution in [3.8, 4) is 0 Å². The predicted molar refractivity (Wildman–Crippen MR) is 76.8 cm³/mol. The number of hydrogen-bond acceptors (Lipinski definition) is 5. The molecule has 1 heterocycles. The molecule has 0 unspecified atom stereocenters. The molecule has 5 nitrogen and oxygen atoms in total. The van der Waals surface area contributed by atoms with E-state index in [9.17, 15) is 4.79 Å². The minimum absolute atomic E-state index is 0.133. The zero-order valence-electron chi connectivity index (χ0n) is 11.2. The number of methoxy groups -OCH3 is 1. The number of halogens is 1. The third-order valence-electron chi connectivity index (χ3n) is 2.83. The fourth-order valence-electron chi connectivity index (χ4n) is 1.87. The largest absolute Gasteiger partial charge is 0.465 e. The number of esters is 1. The Kier molecular flexibility index (Phi) is 4.20. The van der Waals surface area contributed by atoms with Crippen molar-refractivity contribution in [1.29, 1.82) is 0 Å². The Morgan fingerprint density at radius 3 is 2.50 bits per heavy atom. The molecule has 0 aliphatic heterocycles. The Bertz CT molecular complexity index is 618. The number of carbonyl (C=O) groups is 1. The van der Waals surface area contributed by atoms with Gasteiger partial charge in [0, 0.05) is 11.4 Å². The topological polar surface area (TPSA) is 78.1 Å². The highest BCUT2D eigenvalue weighted by atomic mass is 35.5. The molecule has 0 radical (unpaired) electrons. The molecule has 1 aromatic carbocycles. The summed E-state index contributed by atoms with van der Waals surface area (Å²) in [7, 11) is 1.29. The van der Waals surface area contributed by atoms with E-state index in [1.54, 1.807) is 19.1 Å². The summed E-state index contributed by atoms with van der Waals surface area (Å²) in [5, 5.41) is 0.673. The van der Waals surface area contributed by atoms with E-state index in [0.717, 1.165) is 5.56 Å². The minimum atomic E-state index is -0.530. The quantitative estimate of drug-likeness (QED) is 0.879. The summed E-state index contributed by atoms with van der Waals surface area (Å²) in [5.41, 5.74) is 7.54. The molecule has 0 saturated carbocycles. The molecular formula is C14H14ClN3O2. The maximum atomic E-state index is 11.6. The fourth-order valence-corrected chi connectivity index (χ4v) is 2.00. The van der Waals surface area contributed by atoms with Crippen molar-refractivity contribution < 1.29 is 9.53 Å². The Labute approximate surface area is 121 Å². The molecule has 104 valence electrons. The van der Waals surface area contributed by atoms with E-state index < -0.39 is 5.97 Å². The molecule has 20 heavy (non-hydrogen) atoms. The van der Waals surface area contributed by atoms with Gasteiger partial charge in [-0.2, -0.15) is 0 Å². The summed E-state index contributed by atoms with van der Waals surface area (Å²) in [4.78, 5) is 20.0. The maximum Gasteiger partial charge on any atom is 0.343 e. The van der Waals surface area contributed by atoms with Crippen molar-refractivity contribution in [2.45, 2.75) is 13.3 Å². The van der Waals surface area contributed by atoms with Gasteiger partial charge in [-0.05, 0) is 24.6 Å². The van der Waals surface area contributed by atoms with Crippen molar-refractivity contribution in [1.82, 2.24) is 9.97 Å². The van der Waals surface area contributed by atoms with Crippen LogP contribution < -0.4 is 5.73 Å². The van der Waals surface area contributed by atoms with Gasteiger partial charge in [0.05, 0.1) is 12.8 Å². The number of nitrogen functional groups attached to an aromatic ring is 1. The highest BCUT2D eigenvalue weighted by molar-refractivity contribution is 6.30. The summed E-state index contributed by atoms with van der Waals surface area (Å²) in [5.74, 6) is 0.154. The summed E-state index contributed by atoms with van der Waals surface area (Å²) >= 11 is 5.83. The lowest BCUT2D eigenvalue weighted by Gasteiger charge is -2.09. The molecule has 0 atom stereocenters.